The zero-order valence-corrected chi connectivity index (χ0v) is 16.8. The van der Waals surface area contributed by atoms with Gasteiger partial charge in [-0.25, -0.2) is 4.79 Å². The molecule has 0 radical (unpaired) electrons. The number of esters is 1. The molecule has 146 valence electrons. The van der Waals surface area contributed by atoms with E-state index in [-0.39, 0.29) is 12.7 Å². The Bertz CT molecular complexity index is 772. The fraction of sp³-hybridized carbons (Fsp3) is 0.409. The van der Waals surface area contributed by atoms with E-state index in [1.165, 1.54) is 6.08 Å². The highest BCUT2D eigenvalue weighted by Gasteiger charge is 2.17. The fourth-order valence-corrected chi connectivity index (χ4v) is 3.22. The predicted molar refractivity (Wildman–Crippen MR) is 110 cm³/mol. The van der Waals surface area contributed by atoms with E-state index in [9.17, 15) is 4.79 Å². The molecular weight excluding hydrogens is 364 g/mol. The Labute approximate surface area is 166 Å². The lowest BCUT2D eigenvalue weighted by Crippen LogP contribution is -2.24. The molecule has 0 aromatic heterocycles. The number of halogens is 1. The van der Waals surface area contributed by atoms with Crippen LogP contribution >= 0.6 is 11.6 Å². The number of hydrogen-bond donors (Lipinski definition) is 0. The minimum Gasteiger partial charge on any atom is -0.496 e. The highest BCUT2D eigenvalue weighted by Crippen LogP contribution is 2.39. The molecule has 27 heavy (non-hydrogen) atoms. The van der Waals surface area contributed by atoms with E-state index >= 15 is 0 Å². The quantitative estimate of drug-likeness (QED) is 0.270. The molecule has 0 saturated heterocycles. The molecule has 0 amide bonds. The standard InChI is InChI=1S/C22H27ClO4/c1-4-6-7-8-11-16(27-21(24)5-2)15-26-22-18-13-10-9-12-17(18)20(25-3)14-19(22)23/h5,9-10,12-14,16H,2,4,6-8,11,15H2,1,3H3. The third-order valence-corrected chi connectivity index (χ3v) is 4.66. The summed E-state index contributed by atoms with van der Waals surface area (Å²) < 4.78 is 16.9. The Morgan fingerprint density at radius 2 is 1.96 bits per heavy atom. The summed E-state index contributed by atoms with van der Waals surface area (Å²) in [6.07, 6.45) is 5.97. The van der Waals surface area contributed by atoms with Gasteiger partial charge in [0, 0.05) is 22.9 Å². The van der Waals surface area contributed by atoms with Crippen molar-refractivity contribution in [3.63, 3.8) is 0 Å². The molecule has 0 heterocycles. The lowest BCUT2D eigenvalue weighted by Gasteiger charge is -2.20. The van der Waals surface area contributed by atoms with Gasteiger partial charge in [-0.1, -0.05) is 68.6 Å². The Morgan fingerprint density at radius 3 is 2.63 bits per heavy atom. The van der Waals surface area contributed by atoms with E-state index in [2.05, 4.69) is 13.5 Å². The van der Waals surface area contributed by atoms with Gasteiger partial charge < -0.3 is 14.2 Å². The van der Waals surface area contributed by atoms with E-state index < -0.39 is 5.97 Å². The first-order valence-electron chi connectivity index (χ1n) is 9.31. The van der Waals surface area contributed by atoms with E-state index in [0.29, 0.717) is 16.5 Å². The second-order valence-corrected chi connectivity index (χ2v) is 6.77. The monoisotopic (exact) mass is 390 g/mol. The van der Waals surface area contributed by atoms with Gasteiger partial charge in [0.2, 0.25) is 0 Å². The highest BCUT2D eigenvalue weighted by molar-refractivity contribution is 6.33. The number of hydrogen-bond acceptors (Lipinski definition) is 4. The number of rotatable bonds is 11. The van der Waals surface area contributed by atoms with Crippen molar-refractivity contribution in [2.45, 2.75) is 45.1 Å². The summed E-state index contributed by atoms with van der Waals surface area (Å²) in [4.78, 5) is 11.6. The van der Waals surface area contributed by atoms with Gasteiger partial charge in [0.05, 0.1) is 12.1 Å². The number of unbranched alkanes of at least 4 members (excludes halogenated alkanes) is 3. The van der Waals surface area contributed by atoms with E-state index in [4.69, 9.17) is 25.8 Å². The van der Waals surface area contributed by atoms with Crippen molar-refractivity contribution in [1.82, 2.24) is 0 Å². The van der Waals surface area contributed by atoms with E-state index in [1.807, 2.05) is 24.3 Å². The van der Waals surface area contributed by atoms with Crippen LogP contribution in [-0.2, 0) is 9.53 Å². The van der Waals surface area contributed by atoms with Crippen molar-refractivity contribution in [2.24, 2.45) is 0 Å². The topological polar surface area (TPSA) is 44.8 Å². The van der Waals surface area contributed by atoms with E-state index in [1.54, 1.807) is 13.2 Å². The molecule has 0 bridgehead atoms. The highest BCUT2D eigenvalue weighted by atomic mass is 35.5. The van der Waals surface area contributed by atoms with Crippen molar-refractivity contribution in [3.8, 4) is 11.5 Å². The second kappa shape index (κ2) is 10.8. The van der Waals surface area contributed by atoms with Crippen LogP contribution < -0.4 is 9.47 Å². The van der Waals surface area contributed by atoms with Crippen molar-refractivity contribution < 1.29 is 19.0 Å². The normalized spacial score (nSPS) is 11.8. The lowest BCUT2D eigenvalue weighted by atomic mass is 10.1. The number of carbonyl (C=O) groups is 1. The molecule has 2 rings (SSSR count). The molecule has 1 unspecified atom stereocenters. The molecule has 0 aliphatic heterocycles. The SMILES string of the molecule is C=CC(=O)OC(CCCCCC)COc1c(Cl)cc(OC)c2ccccc12. The summed E-state index contributed by atoms with van der Waals surface area (Å²) in [5, 5.41) is 2.24. The van der Waals surface area contributed by atoms with Crippen molar-refractivity contribution in [2.75, 3.05) is 13.7 Å². The van der Waals surface area contributed by atoms with Crippen LogP contribution in [0.15, 0.2) is 43.0 Å². The molecule has 0 aliphatic rings. The maximum atomic E-state index is 11.6. The van der Waals surface area contributed by atoms with Gasteiger partial charge in [-0.15, -0.1) is 0 Å². The van der Waals surface area contributed by atoms with Gasteiger partial charge in [-0.2, -0.15) is 0 Å². The summed E-state index contributed by atoms with van der Waals surface area (Å²) in [5.74, 6) is 0.822. The Hall–Kier alpha value is -2.20. The Balaban J connectivity index is 2.16. The largest absolute Gasteiger partial charge is 0.496 e. The van der Waals surface area contributed by atoms with Crippen LogP contribution in [0.3, 0.4) is 0 Å². The fourth-order valence-electron chi connectivity index (χ4n) is 2.96. The molecule has 0 aliphatic carbocycles. The van der Waals surface area contributed by atoms with Crippen LogP contribution in [0.25, 0.3) is 10.8 Å². The summed E-state index contributed by atoms with van der Waals surface area (Å²) in [5.41, 5.74) is 0. The van der Waals surface area contributed by atoms with Crippen LogP contribution in [0.4, 0.5) is 0 Å². The summed E-state index contributed by atoms with van der Waals surface area (Å²) >= 11 is 6.42. The maximum Gasteiger partial charge on any atom is 0.330 e. The number of methoxy groups -OCH3 is 1. The number of carbonyl (C=O) groups excluding carboxylic acids is 1. The molecule has 2 aromatic rings. The number of benzene rings is 2. The lowest BCUT2D eigenvalue weighted by molar-refractivity contribution is -0.144. The maximum absolute atomic E-state index is 11.6. The Kier molecular flexibility index (Phi) is 8.46. The molecular formula is C22H27ClO4. The summed E-state index contributed by atoms with van der Waals surface area (Å²) in [7, 11) is 1.61. The van der Waals surface area contributed by atoms with Crippen LogP contribution in [0, 0.1) is 0 Å². The van der Waals surface area contributed by atoms with Crippen molar-refractivity contribution in [3.05, 3.63) is 48.0 Å². The first kappa shape index (κ1) is 21.1. The molecule has 4 nitrogen and oxygen atoms in total. The van der Waals surface area contributed by atoms with Gasteiger partial charge in [-0.05, 0) is 12.8 Å². The molecule has 2 aromatic carbocycles. The zero-order valence-electron chi connectivity index (χ0n) is 16.0. The third-order valence-electron chi connectivity index (χ3n) is 4.37. The average molecular weight is 391 g/mol. The smallest absolute Gasteiger partial charge is 0.330 e. The minimum absolute atomic E-state index is 0.238. The molecule has 0 N–H and O–H groups in total. The Morgan fingerprint density at radius 1 is 1.22 bits per heavy atom. The van der Waals surface area contributed by atoms with Crippen LogP contribution in [-0.4, -0.2) is 25.8 Å². The summed E-state index contributed by atoms with van der Waals surface area (Å²) in [6.45, 7) is 5.87. The predicted octanol–water partition coefficient (Wildman–Crippen LogP) is 5.95. The minimum atomic E-state index is -0.440. The first-order chi connectivity index (χ1) is 13.1. The van der Waals surface area contributed by atoms with Crippen molar-refractivity contribution in [1.29, 1.82) is 0 Å². The molecule has 5 heteroatoms. The third kappa shape index (κ3) is 5.90. The van der Waals surface area contributed by atoms with Crippen LogP contribution in [0.2, 0.25) is 5.02 Å². The summed E-state index contributed by atoms with van der Waals surface area (Å²) in [6, 6.07) is 9.49. The molecule has 0 fully saturated rings. The number of fused-ring (bicyclic) bond motifs is 1. The second-order valence-electron chi connectivity index (χ2n) is 6.36. The van der Waals surface area contributed by atoms with Crippen LogP contribution in [0.5, 0.6) is 11.5 Å². The van der Waals surface area contributed by atoms with Gasteiger partial charge in [0.15, 0.2) is 0 Å². The van der Waals surface area contributed by atoms with Gasteiger partial charge in [-0.3, -0.25) is 0 Å². The van der Waals surface area contributed by atoms with Crippen LogP contribution in [0.1, 0.15) is 39.0 Å². The molecule has 0 saturated carbocycles. The first-order valence-corrected chi connectivity index (χ1v) is 9.69. The zero-order chi connectivity index (χ0) is 19.6. The average Bonchev–Trinajstić information content (AvgIpc) is 2.69. The van der Waals surface area contributed by atoms with Gasteiger partial charge in [0.1, 0.15) is 24.2 Å². The molecule has 0 spiro atoms. The molecule has 1 atom stereocenters. The van der Waals surface area contributed by atoms with E-state index in [0.717, 1.165) is 42.9 Å². The van der Waals surface area contributed by atoms with Crippen molar-refractivity contribution >= 4 is 28.3 Å². The van der Waals surface area contributed by atoms with Gasteiger partial charge >= 0.3 is 5.97 Å². The number of ether oxygens (including phenoxy) is 3. The van der Waals surface area contributed by atoms with Gasteiger partial charge in [0.25, 0.3) is 0 Å².